The highest BCUT2D eigenvalue weighted by atomic mass is 28.1. The minimum Gasteiger partial charge on any atom is -0.0149 e. The Morgan fingerprint density at radius 1 is 0.500 bits per heavy atom. The van der Waals surface area contributed by atoms with Gasteiger partial charge in [0, 0.05) is 0 Å². The summed E-state index contributed by atoms with van der Waals surface area (Å²) in [6.45, 7) is 0. The van der Waals surface area contributed by atoms with Gasteiger partial charge in [0.2, 0.25) is 0 Å². The molecule has 4 heavy (non-hydrogen) atoms. The van der Waals surface area contributed by atoms with E-state index in [1.165, 1.54) is 0 Å². The summed E-state index contributed by atoms with van der Waals surface area (Å²) >= 11 is 0. The Hall–Kier alpha value is 1.50. The maximum Gasteiger partial charge on any atom is 0.187 e. The van der Waals surface area contributed by atoms with Gasteiger partial charge in [-0.1, -0.05) is 0 Å². The highest BCUT2D eigenvalue weighted by molar-refractivity contribution is 5.76. The van der Waals surface area contributed by atoms with Crippen molar-refractivity contribution in [3.05, 3.63) is 0 Å². The number of hydrogen-bond donors (Lipinski definition) is 0. The van der Waals surface area contributed by atoms with Crippen LogP contribution in [0.5, 0.6) is 0 Å². The van der Waals surface area contributed by atoms with Gasteiger partial charge in [-0.05, 0) is 21.9 Å². The van der Waals surface area contributed by atoms with Gasteiger partial charge in [-0.3, -0.25) is 0 Å². The predicted molar refractivity (Wildman–Crippen MR) is 42.5 cm³/mol. The lowest BCUT2D eigenvalue weighted by atomic mass is 27.0. The Kier molecular flexibility index (Phi) is 304. The van der Waals surface area contributed by atoms with Crippen molar-refractivity contribution in [2.75, 3.05) is 0 Å². The van der Waals surface area contributed by atoms with Crippen LogP contribution in [-0.2, 0) is 0 Å². The van der Waals surface area contributed by atoms with E-state index in [2.05, 4.69) is 0 Å². The molecule has 28 valence electrons. The zero-order chi connectivity index (χ0) is 0. The Morgan fingerprint density at radius 3 is 0.500 bits per heavy atom. The molecule has 0 aliphatic rings. The van der Waals surface area contributed by atoms with Gasteiger partial charge in [0.15, 0.2) is 34.7 Å². The van der Waals surface area contributed by atoms with Crippen LogP contribution in [-0.4, -0.2) is 56.7 Å². The maximum absolute atomic E-state index is 0. The molecule has 0 saturated carbocycles. The lowest BCUT2D eigenvalue weighted by Crippen LogP contribution is -0.382. The van der Waals surface area contributed by atoms with Crippen LogP contribution in [0.2, 0.25) is 0 Å². The third-order valence-electron chi connectivity index (χ3n) is 0. The molecule has 0 fully saturated rings. The van der Waals surface area contributed by atoms with E-state index in [0.717, 1.165) is 0 Å². The first kappa shape index (κ1) is 49.5. The molecule has 0 aromatic heterocycles. The largest absolute Gasteiger partial charge is 0.187 e. The molecule has 0 bridgehead atoms. The average Bonchev–Trinajstić information content (AvgIpc) is 0. The first-order chi connectivity index (χ1) is 0. The van der Waals surface area contributed by atoms with Crippen LogP contribution in [0.3, 0.4) is 0 Å². The molecular formula is H14Al2Si2. The predicted octanol–water partition coefficient (Wildman–Crippen LogP) is -5.27. The van der Waals surface area contributed by atoms with Gasteiger partial charge in [-0.15, -0.1) is 0 Å². The molecule has 0 unspecified atom stereocenters. The molecule has 0 aromatic carbocycles. The van der Waals surface area contributed by atoms with Gasteiger partial charge in [-0.25, -0.2) is 0 Å². The minimum atomic E-state index is 0. The average molecular weight is 124 g/mol. The van der Waals surface area contributed by atoms with Gasteiger partial charge < -0.3 is 0 Å². The second kappa shape index (κ2) is 24.5. The zero-order valence-corrected chi connectivity index (χ0v) is 0. The lowest BCUT2D eigenvalue weighted by Gasteiger charge is -0.0159. The topological polar surface area (TPSA) is 0 Å². The maximum atomic E-state index is 0. The summed E-state index contributed by atoms with van der Waals surface area (Å²) in [4.78, 5) is 0. The van der Waals surface area contributed by atoms with Gasteiger partial charge in [-0.2, -0.15) is 0 Å². The summed E-state index contributed by atoms with van der Waals surface area (Å²) < 4.78 is 0. The Morgan fingerprint density at radius 2 is 0.500 bits per heavy atom. The van der Waals surface area contributed by atoms with Crippen molar-refractivity contribution in [2.24, 2.45) is 0 Å². The summed E-state index contributed by atoms with van der Waals surface area (Å²) in [5.74, 6) is 0. The molecular weight excluding hydrogens is 110 g/mol. The molecule has 0 atom stereocenters. The van der Waals surface area contributed by atoms with Crippen LogP contribution in [0.4, 0.5) is 0 Å². The highest BCUT2D eigenvalue weighted by Gasteiger charge is 0.188. The van der Waals surface area contributed by atoms with E-state index in [1.54, 1.807) is 0 Å². The van der Waals surface area contributed by atoms with Crippen LogP contribution >= 0.6 is 0 Å². The van der Waals surface area contributed by atoms with Gasteiger partial charge in [0.1, 0.15) is 0 Å². The zero-order valence-electron chi connectivity index (χ0n) is 0. The normalized spacial score (nSPS) is 0. The fraction of sp³-hybridized carbons (Fsp3) is 0. The summed E-state index contributed by atoms with van der Waals surface area (Å²) in [5, 5.41) is 0. The fourth-order valence-electron chi connectivity index (χ4n) is 0. The van der Waals surface area contributed by atoms with Gasteiger partial charge in [0.25, 0.3) is 0 Å². The molecule has 0 aromatic rings. The van der Waals surface area contributed by atoms with E-state index in [-0.39, 0.29) is 56.7 Å². The summed E-state index contributed by atoms with van der Waals surface area (Å²) in [7, 11) is 0. The van der Waals surface area contributed by atoms with E-state index in [9.17, 15) is 0 Å². The van der Waals surface area contributed by atoms with Crippen molar-refractivity contribution in [3.8, 4) is 0 Å². The summed E-state index contributed by atoms with van der Waals surface area (Å²) in [6.07, 6.45) is 0. The van der Waals surface area contributed by atoms with Crippen molar-refractivity contribution in [2.45, 2.75) is 0 Å². The van der Waals surface area contributed by atoms with Crippen molar-refractivity contribution in [1.29, 1.82) is 0 Å². The quantitative estimate of drug-likeness (QED) is 0.283. The lowest BCUT2D eigenvalue weighted by molar-refractivity contribution is 5.75. The first-order valence-corrected chi connectivity index (χ1v) is 0. The van der Waals surface area contributed by atoms with E-state index >= 15 is 0 Å². The third-order valence-corrected chi connectivity index (χ3v) is 0. The van der Waals surface area contributed by atoms with Gasteiger partial charge >= 0.3 is 0 Å². The molecule has 0 nitrogen and oxygen atoms in total. The number of hydrogen-bond acceptors (Lipinski definition) is 0. The van der Waals surface area contributed by atoms with E-state index in [4.69, 9.17) is 0 Å². The Bertz CT molecular complexity index is 4.00. The smallest absolute Gasteiger partial charge is 0.0149 e. The molecule has 0 saturated heterocycles. The van der Waals surface area contributed by atoms with E-state index in [1.807, 2.05) is 0 Å². The first-order valence-electron chi connectivity index (χ1n) is 0. The molecule has 0 N–H and O–H groups in total. The molecule has 0 heterocycles. The van der Waals surface area contributed by atoms with Gasteiger partial charge in [0.05, 0.1) is 0 Å². The van der Waals surface area contributed by atoms with Crippen molar-refractivity contribution in [1.82, 2.24) is 0 Å². The molecule has 0 spiro atoms. The molecule has 0 rings (SSSR count). The van der Waals surface area contributed by atoms with Crippen LogP contribution in [0.25, 0.3) is 0 Å². The van der Waals surface area contributed by atoms with E-state index in [0.29, 0.717) is 0 Å². The number of rotatable bonds is 0. The molecule has 0 aliphatic carbocycles. The van der Waals surface area contributed by atoms with Crippen molar-refractivity contribution in [3.63, 3.8) is 0 Å². The summed E-state index contributed by atoms with van der Waals surface area (Å²) in [5.41, 5.74) is 0. The van der Waals surface area contributed by atoms with Crippen LogP contribution in [0.15, 0.2) is 0 Å². The fourth-order valence-corrected chi connectivity index (χ4v) is 0. The minimum absolute atomic E-state index is 0. The molecule has 0 aliphatic heterocycles. The van der Waals surface area contributed by atoms with Crippen LogP contribution < -0.4 is 0 Å². The molecule has 4 heteroatoms. The second-order valence-corrected chi connectivity index (χ2v) is 0. The van der Waals surface area contributed by atoms with E-state index < -0.39 is 0 Å². The Balaban J connectivity index is 0. The third kappa shape index (κ3) is 9.73. The van der Waals surface area contributed by atoms with Crippen molar-refractivity contribution < 1.29 is 0 Å². The van der Waals surface area contributed by atoms with Crippen molar-refractivity contribution >= 4 is 56.7 Å². The second-order valence-electron chi connectivity index (χ2n) is 0. The molecule has 0 radical (unpaired) electrons. The standard InChI is InChI=1S/2Al.2H4Si.6H/h;;2*1H4;;;;;;. The Labute approximate surface area is 56.7 Å². The molecule has 0 amide bonds. The SMILES string of the molecule is [AlH3].[AlH3].[SiH4].[SiH4]. The monoisotopic (exact) mass is 124 g/mol. The van der Waals surface area contributed by atoms with Crippen LogP contribution in [0.1, 0.15) is 0 Å². The summed E-state index contributed by atoms with van der Waals surface area (Å²) in [6, 6.07) is 0. The highest BCUT2D eigenvalue weighted by Crippen LogP contribution is -0.378. The van der Waals surface area contributed by atoms with Crippen LogP contribution in [0, 0.1) is 0 Å².